The molecular weight excluding hydrogens is 281 g/mol. The molecule has 15 heavy (non-hydrogen) atoms. The second-order valence-corrected chi connectivity index (χ2v) is 4.85. The largest absolute Gasteiger partial charge is 0.393 e. The van der Waals surface area contributed by atoms with Crippen LogP contribution in [0.15, 0.2) is 16.7 Å². The molecule has 1 aliphatic heterocycles. The van der Waals surface area contributed by atoms with Crippen molar-refractivity contribution in [3.8, 4) is 0 Å². The second kappa shape index (κ2) is 4.78. The van der Waals surface area contributed by atoms with E-state index in [1.54, 1.807) is 12.3 Å². The summed E-state index contributed by atoms with van der Waals surface area (Å²) < 4.78 is 6.39. The van der Waals surface area contributed by atoms with Crippen LogP contribution in [0.25, 0.3) is 0 Å². The van der Waals surface area contributed by atoms with E-state index in [-0.39, 0.29) is 12.2 Å². The summed E-state index contributed by atoms with van der Waals surface area (Å²) in [6.07, 6.45) is 2.44. The van der Waals surface area contributed by atoms with E-state index >= 15 is 0 Å². The Morgan fingerprint density at radius 2 is 2.40 bits per heavy atom. The van der Waals surface area contributed by atoms with Crippen LogP contribution in [0.5, 0.6) is 0 Å². The maximum atomic E-state index is 9.54. The predicted molar refractivity (Wildman–Crippen MR) is 60.9 cm³/mol. The van der Waals surface area contributed by atoms with Gasteiger partial charge in [0.25, 0.3) is 0 Å². The first kappa shape index (κ1) is 11.3. The molecule has 0 radical (unpaired) electrons. The smallest absolute Gasteiger partial charge is 0.103 e. The number of aromatic nitrogens is 1. The van der Waals surface area contributed by atoms with Gasteiger partial charge >= 0.3 is 0 Å². The lowest BCUT2D eigenvalue weighted by Crippen LogP contribution is -2.24. The highest BCUT2D eigenvalue weighted by molar-refractivity contribution is 9.10. The zero-order valence-electron chi connectivity index (χ0n) is 7.99. The Kier molecular flexibility index (Phi) is 3.61. The van der Waals surface area contributed by atoms with E-state index in [1.807, 2.05) is 0 Å². The monoisotopic (exact) mass is 291 g/mol. The van der Waals surface area contributed by atoms with Crippen molar-refractivity contribution in [3.05, 3.63) is 27.5 Å². The van der Waals surface area contributed by atoms with Gasteiger partial charge in [0.1, 0.15) is 6.10 Å². The highest BCUT2D eigenvalue weighted by atomic mass is 79.9. The molecule has 2 atom stereocenters. The van der Waals surface area contributed by atoms with Gasteiger partial charge in [0, 0.05) is 23.7 Å². The number of hydrogen-bond acceptors (Lipinski definition) is 3. The van der Waals surface area contributed by atoms with Gasteiger partial charge in [-0.1, -0.05) is 11.6 Å². The number of aliphatic hydroxyl groups excluding tert-OH is 1. The van der Waals surface area contributed by atoms with Crippen LogP contribution in [-0.4, -0.2) is 22.8 Å². The van der Waals surface area contributed by atoms with E-state index in [1.165, 1.54) is 0 Å². The Bertz CT molecular complexity index is 361. The maximum Gasteiger partial charge on any atom is 0.103 e. The van der Waals surface area contributed by atoms with Gasteiger partial charge in [-0.3, -0.25) is 4.98 Å². The fourth-order valence-electron chi connectivity index (χ4n) is 1.63. The Morgan fingerprint density at radius 1 is 1.60 bits per heavy atom. The highest BCUT2D eigenvalue weighted by Gasteiger charge is 2.25. The zero-order valence-corrected chi connectivity index (χ0v) is 10.3. The standard InChI is InChI=1S/C10H11BrClNO2/c11-8-3-6(12)5-13-10(8)9-4-7(14)1-2-15-9/h3,5,7,9,14H,1-2,4H2. The average Bonchev–Trinajstić information content (AvgIpc) is 2.17. The minimum atomic E-state index is -0.298. The summed E-state index contributed by atoms with van der Waals surface area (Å²) in [4.78, 5) is 4.22. The van der Waals surface area contributed by atoms with Crippen LogP contribution in [0, 0.1) is 0 Å². The van der Waals surface area contributed by atoms with Crippen molar-refractivity contribution < 1.29 is 9.84 Å². The maximum absolute atomic E-state index is 9.54. The number of hydrogen-bond donors (Lipinski definition) is 1. The fourth-order valence-corrected chi connectivity index (χ4v) is 2.53. The first-order valence-corrected chi connectivity index (χ1v) is 5.94. The van der Waals surface area contributed by atoms with Gasteiger partial charge < -0.3 is 9.84 Å². The summed E-state index contributed by atoms with van der Waals surface area (Å²) in [5, 5.41) is 10.1. The first-order valence-electron chi connectivity index (χ1n) is 4.77. The summed E-state index contributed by atoms with van der Waals surface area (Å²) in [6, 6.07) is 1.79. The Balaban J connectivity index is 2.21. The van der Waals surface area contributed by atoms with Crippen LogP contribution in [0.4, 0.5) is 0 Å². The number of aliphatic hydroxyl groups is 1. The van der Waals surface area contributed by atoms with Crippen molar-refractivity contribution in [3.63, 3.8) is 0 Å². The van der Waals surface area contributed by atoms with Crippen LogP contribution in [0.2, 0.25) is 5.02 Å². The zero-order chi connectivity index (χ0) is 10.8. The van der Waals surface area contributed by atoms with E-state index in [0.717, 1.165) is 10.2 Å². The molecule has 2 rings (SSSR count). The summed E-state index contributed by atoms with van der Waals surface area (Å²) in [5.74, 6) is 0. The molecule has 0 aliphatic carbocycles. The third-order valence-corrected chi connectivity index (χ3v) is 3.24. The molecule has 2 heterocycles. The molecule has 0 spiro atoms. The van der Waals surface area contributed by atoms with E-state index in [0.29, 0.717) is 24.5 Å². The van der Waals surface area contributed by atoms with Crippen molar-refractivity contribution in [1.29, 1.82) is 0 Å². The van der Waals surface area contributed by atoms with Gasteiger partial charge in [-0.15, -0.1) is 0 Å². The normalized spacial score (nSPS) is 26.6. The second-order valence-electron chi connectivity index (χ2n) is 3.56. The van der Waals surface area contributed by atoms with Crippen molar-refractivity contribution in [1.82, 2.24) is 4.98 Å². The number of halogens is 2. The highest BCUT2D eigenvalue weighted by Crippen LogP contribution is 2.32. The van der Waals surface area contributed by atoms with E-state index < -0.39 is 0 Å². The average molecular weight is 293 g/mol. The molecule has 0 bridgehead atoms. The summed E-state index contributed by atoms with van der Waals surface area (Å²) in [6.45, 7) is 0.572. The van der Waals surface area contributed by atoms with Gasteiger partial charge in [-0.05, 0) is 28.4 Å². The molecule has 1 aliphatic rings. The Morgan fingerprint density at radius 3 is 3.07 bits per heavy atom. The molecule has 1 aromatic rings. The third kappa shape index (κ3) is 2.69. The molecule has 5 heteroatoms. The molecule has 0 saturated carbocycles. The van der Waals surface area contributed by atoms with E-state index in [9.17, 15) is 5.11 Å². The van der Waals surface area contributed by atoms with Crippen LogP contribution >= 0.6 is 27.5 Å². The van der Waals surface area contributed by atoms with Crippen molar-refractivity contribution in [2.75, 3.05) is 6.61 Å². The van der Waals surface area contributed by atoms with Crippen LogP contribution in [0.1, 0.15) is 24.6 Å². The van der Waals surface area contributed by atoms with Crippen LogP contribution < -0.4 is 0 Å². The van der Waals surface area contributed by atoms with Crippen LogP contribution in [-0.2, 0) is 4.74 Å². The van der Waals surface area contributed by atoms with Crippen molar-refractivity contribution in [2.45, 2.75) is 25.0 Å². The van der Waals surface area contributed by atoms with Gasteiger partial charge in [0.15, 0.2) is 0 Å². The van der Waals surface area contributed by atoms with Crippen molar-refractivity contribution >= 4 is 27.5 Å². The number of nitrogens with zero attached hydrogens (tertiary/aromatic N) is 1. The minimum Gasteiger partial charge on any atom is -0.393 e. The quantitative estimate of drug-likeness (QED) is 0.865. The molecule has 82 valence electrons. The topological polar surface area (TPSA) is 42.4 Å². The molecule has 2 unspecified atom stereocenters. The summed E-state index contributed by atoms with van der Waals surface area (Å²) >= 11 is 9.20. The van der Waals surface area contributed by atoms with Crippen molar-refractivity contribution in [2.24, 2.45) is 0 Å². The van der Waals surface area contributed by atoms with Gasteiger partial charge in [0.05, 0.1) is 16.8 Å². The third-order valence-electron chi connectivity index (χ3n) is 2.40. The SMILES string of the molecule is OC1CCOC(c2ncc(Cl)cc2Br)C1. The van der Waals surface area contributed by atoms with E-state index in [4.69, 9.17) is 16.3 Å². The summed E-state index contributed by atoms with van der Waals surface area (Å²) in [5.41, 5.74) is 0.804. The lowest BCUT2D eigenvalue weighted by molar-refractivity contribution is -0.0469. The number of ether oxygens (including phenoxy) is 1. The first-order chi connectivity index (χ1) is 7.16. The van der Waals surface area contributed by atoms with Gasteiger partial charge in [0.2, 0.25) is 0 Å². The molecule has 1 aromatic heterocycles. The Hall–Kier alpha value is -0.160. The lowest BCUT2D eigenvalue weighted by Gasteiger charge is -2.26. The molecule has 0 aromatic carbocycles. The molecular formula is C10H11BrClNO2. The number of pyridine rings is 1. The molecule has 1 saturated heterocycles. The molecule has 1 N–H and O–H groups in total. The fraction of sp³-hybridized carbons (Fsp3) is 0.500. The van der Waals surface area contributed by atoms with Gasteiger partial charge in [-0.25, -0.2) is 0 Å². The van der Waals surface area contributed by atoms with Gasteiger partial charge in [-0.2, -0.15) is 0 Å². The molecule has 3 nitrogen and oxygen atoms in total. The minimum absolute atomic E-state index is 0.139. The number of rotatable bonds is 1. The molecule has 1 fully saturated rings. The van der Waals surface area contributed by atoms with E-state index in [2.05, 4.69) is 20.9 Å². The predicted octanol–water partition coefficient (Wildman–Crippen LogP) is 2.71. The summed E-state index contributed by atoms with van der Waals surface area (Å²) in [7, 11) is 0. The Labute approximate surface area is 102 Å². The van der Waals surface area contributed by atoms with Crippen LogP contribution in [0.3, 0.4) is 0 Å². The molecule has 0 amide bonds. The lowest BCUT2D eigenvalue weighted by atomic mass is 10.0.